The zero-order chi connectivity index (χ0) is 20.7. The zero-order valence-corrected chi connectivity index (χ0v) is 17.6. The zero-order valence-electron chi connectivity index (χ0n) is 16.0. The van der Waals surface area contributed by atoms with E-state index in [4.69, 9.17) is 11.6 Å². The minimum absolute atomic E-state index is 0.0760. The minimum Gasteiger partial charge on any atom is -0.343 e. The molecule has 3 nitrogen and oxygen atoms in total. The summed E-state index contributed by atoms with van der Waals surface area (Å²) in [5.41, 5.74) is 0.00616. The molecule has 1 N–H and O–H groups in total. The number of carbonyl (C=O) groups excluding carboxylic acids is 1. The van der Waals surface area contributed by atoms with E-state index in [0.717, 1.165) is 37.8 Å². The Morgan fingerprint density at radius 2 is 2.00 bits per heavy atom. The third kappa shape index (κ3) is 3.68. The van der Waals surface area contributed by atoms with Crippen LogP contribution in [-0.2, 0) is 0 Å². The molecule has 3 atom stereocenters. The van der Waals surface area contributed by atoms with Gasteiger partial charge in [-0.3, -0.25) is 9.69 Å². The summed E-state index contributed by atoms with van der Waals surface area (Å²) >= 11 is 7.55. The molecule has 0 spiro atoms. The number of hydrogen-bond donors (Lipinski definition) is 1. The maximum atomic E-state index is 14.4. The normalized spacial score (nSPS) is 23.1. The van der Waals surface area contributed by atoms with E-state index in [9.17, 15) is 18.0 Å². The van der Waals surface area contributed by atoms with Gasteiger partial charge in [-0.25, -0.2) is 13.2 Å². The molecular weight excluding hydrogens is 421 g/mol. The minimum atomic E-state index is -1.68. The molecule has 156 valence electrons. The Kier molecular flexibility index (Phi) is 5.91. The van der Waals surface area contributed by atoms with Crippen molar-refractivity contribution in [2.24, 2.45) is 0 Å². The van der Waals surface area contributed by atoms with Crippen molar-refractivity contribution in [3.63, 3.8) is 0 Å². The fourth-order valence-corrected chi connectivity index (χ4v) is 5.62. The molecule has 0 saturated carbocycles. The molecule has 2 unspecified atom stereocenters. The number of thiophene rings is 1. The van der Waals surface area contributed by atoms with E-state index in [1.807, 2.05) is 16.8 Å². The Hall–Kier alpha value is -1.57. The van der Waals surface area contributed by atoms with Crippen LogP contribution >= 0.6 is 22.9 Å². The standard InChI is InChI=1S/C21H22ClF3N2OS/c1-11-16(22)15(18(24)19(25)17(11)23)21(28)26-20(12-7-9-29-10-12)14-6-5-13-4-2-3-8-27(13)14/h7,9-10,13-14,20H,2-6,8H2,1H3,(H,26,28)/t13?,14?,20-/m0/s1. The summed E-state index contributed by atoms with van der Waals surface area (Å²) in [5, 5.41) is 6.36. The monoisotopic (exact) mass is 442 g/mol. The molecule has 0 radical (unpaired) electrons. The van der Waals surface area contributed by atoms with Gasteiger partial charge in [-0.15, -0.1) is 0 Å². The van der Waals surface area contributed by atoms with Crippen LogP contribution in [0.1, 0.15) is 59.6 Å². The van der Waals surface area contributed by atoms with Crippen molar-refractivity contribution in [3.05, 3.63) is 56.0 Å². The number of rotatable bonds is 4. The van der Waals surface area contributed by atoms with Crippen molar-refractivity contribution in [3.8, 4) is 0 Å². The van der Waals surface area contributed by atoms with Crippen LogP contribution in [0, 0.1) is 24.4 Å². The third-order valence-corrected chi connectivity index (χ3v) is 7.35. The van der Waals surface area contributed by atoms with Crippen LogP contribution in [-0.4, -0.2) is 29.4 Å². The van der Waals surface area contributed by atoms with Gasteiger partial charge < -0.3 is 5.32 Å². The summed E-state index contributed by atoms with van der Waals surface area (Å²) in [4.78, 5) is 15.4. The lowest BCUT2D eigenvalue weighted by molar-refractivity contribution is 0.0858. The van der Waals surface area contributed by atoms with Crippen LogP contribution in [0.15, 0.2) is 16.8 Å². The van der Waals surface area contributed by atoms with Crippen molar-refractivity contribution in [2.45, 2.75) is 57.2 Å². The van der Waals surface area contributed by atoms with Gasteiger partial charge >= 0.3 is 0 Å². The van der Waals surface area contributed by atoms with Crippen molar-refractivity contribution < 1.29 is 18.0 Å². The molecule has 2 aliphatic rings. The van der Waals surface area contributed by atoms with Gasteiger partial charge in [0.05, 0.1) is 16.6 Å². The quantitative estimate of drug-likeness (QED) is 0.492. The van der Waals surface area contributed by atoms with Gasteiger partial charge in [0.1, 0.15) is 0 Å². The first kappa shape index (κ1) is 20.7. The second kappa shape index (κ2) is 8.28. The first-order valence-corrected chi connectivity index (χ1v) is 11.1. The van der Waals surface area contributed by atoms with Gasteiger partial charge in [-0.2, -0.15) is 11.3 Å². The van der Waals surface area contributed by atoms with Gasteiger partial charge in [-0.05, 0) is 61.5 Å². The van der Waals surface area contributed by atoms with Crippen LogP contribution in [0.5, 0.6) is 0 Å². The van der Waals surface area contributed by atoms with E-state index in [1.54, 1.807) is 0 Å². The Morgan fingerprint density at radius 3 is 2.72 bits per heavy atom. The smallest absolute Gasteiger partial charge is 0.256 e. The molecular formula is C21H22ClF3N2OS. The Labute approximate surface area is 176 Å². The lowest BCUT2D eigenvalue weighted by atomic mass is 9.98. The molecule has 2 aliphatic heterocycles. The highest BCUT2D eigenvalue weighted by Gasteiger charge is 2.41. The number of nitrogens with one attached hydrogen (secondary N) is 1. The fraction of sp³-hybridized carbons (Fsp3) is 0.476. The first-order valence-electron chi connectivity index (χ1n) is 9.81. The second-order valence-electron chi connectivity index (χ2n) is 7.80. The summed E-state index contributed by atoms with van der Waals surface area (Å²) in [6.45, 7) is 2.19. The number of piperidine rings is 1. The number of nitrogens with zero attached hydrogens (tertiary/aromatic N) is 1. The Balaban J connectivity index is 1.67. The number of benzene rings is 1. The van der Waals surface area contributed by atoms with E-state index in [2.05, 4.69) is 10.2 Å². The van der Waals surface area contributed by atoms with Crippen molar-refractivity contribution in [1.82, 2.24) is 10.2 Å². The van der Waals surface area contributed by atoms with Crippen molar-refractivity contribution >= 4 is 28.8 Å². The summed E-state index contributed by atoms with van der Waals surface area (Å²) in [6, 6.07) is 2.13. The highest BCUT2D eigenvalue weighted by molar-refractivity contribution is 7.08. The summed E-state index contributed by atoms with van der Waals surface area (Å²) in [5.74, 6) is -5.43. The van der Waals surface area contributed by atoms with E-state index >= 15 is 0 Å². The number of fused-ring (bicyclic) bond motifs is 1. The average molecular weight is 443 g/mol. The topological polar surface area (TPSA) is 32.3 Å². The molecule has 2 aromatic rings. The lowest BCUT2D eigenvalue weighted by Gasteiger charge is -2.38. The summed E-state index contributed by atoms with van der Waals surface area (Å²) in [6.07, 6.45) is 5.43. The number of amides is 1. The molecule has 1 aromatic heterocycles. The number of hydrogen-bond acceptors (Lipinski definition) is 3. The van der Waals surface area contributed by atoms with Crippen LogP contribution < -0.4 is 5.32 Å². The molecule has 1 amide bonds. The van der Waals surface area contributed by atoms with Crippen LogP contribution in [0.2, 0.25) is 5.02 Å². The maximum absolute atomic E-state index is 14.4. The second-order valence-corrected chi connectivity index (χ2v) is 8.95. The molecule has 4 rings (SSSR count). The average Bonchev–Trinajstić information content (AvgIpc) is 3.39. The highest BCUT2D eigenvalue weighted by atomic mass is 35.5. The van der Waals surface area contributed by atoms with Crippen LogP contribution in [0.25, 0.3) is 0 Å². The lowest BCUT2D eigenvalue weighted by Crippen LogP contribution is -2.47. The molecule has 2 fully saturated rings. The van der Waals surface area contributed by atoms with Gasteiger partial charge in [0.2, 0.25) is 0 Å². The Morgan fingerprint density at radius 1 is 1.21 bits per heavy atom. The SMILES string of the molecule is Cc1c(F)c(F)c(F)c(C(=O)N[C@@H](c2ccsc2)C2CCC3CCCCN32)c1Cl. The summed E-state index contributed by atoms with van der Waals surface area (Å²) in [7, 11) is 0. The van der Waals surface area contributed by atoms with Crippen LogP contribution in [0.4, 0.5) is 13.2 Å². The summed E-state index contributed by atoms with van der Waals surface area (Å²) < 4.78 is 42.1. The van der Waals surface area contributed by atoms with Crippen molar-refractivity contribution in [2.75, 3.05) is 6.54 Å². The van der Waals surface area contributed by atoms with E-state index in [1.165, 1.54) is 24.7 Å². The number of carbonyl (C=O) groups is 1. The molecule has 8 heteroatoms. The predicted octanol–water partition coefficient (Wildman–Crippen LogP) is 5.62. The van der Waals surface area contributed by atoms with E-state index in [-0.39, 0.29) is 17.6 Å². The van der Waals surface area contributed by atoms with Gasteiger partial charge in [-0.1, -0.05) is 18.0 Å². The van der Waals surface area contributed by atoms with Crippen molar-refractivity contribution in [1.29, 1.82) is 0 Å². The number of halogens is 4. The van der Waals surface area contributed by atoms with Crippen LogP contribution in [0.3, 0.4) is 0 Å². The molecule has 0 aliphatic carbocycles. The molecule has 0 bridgehead atoms. The maximum Gasteiger partial charge on any atom is 0.256 e. The molecule has 1 aromatic carbocycles. The third-order valence-electron chi connectivity index (χ3n) is 6.18. The van der Waals surface area contributed by atoms with Gasteiger partial charge in [0.15, 0.2) is 17.5 Å². The highest BCUT2D eigenvalue weighted by Crippen LogP contribution is 2.38. The first-order chi connectivity index (χ1) is 13.9. The predicted molar refractivity (Wildman–Crippen MR) is 108 cm³/mol. The van der Waals surface area contributed by atoms with E-state index in [0.29, 0.717) is 6.04 Å². The molecule has 3 heterocycles. The molecule has 29 heavy (non-hydrogen) atoms. The molecule has 2 saturated heterocycles. The Bertz CT molecular complexity index is 892. The van der Waals surface area contributed by atoms with Gasteiger partial charge in [0.25, 0.3) is 5.91 Å². The van der Waals surface area contributed by atoms with Gasteiger partial charge in [0, 0.05) is 17.6 Å². The largest absolute Gasteiger partial charge is 0.343 e. The fourth-order valence-electron chi connectivity index (χ4n) is 4.67. The van der Waals surface area contributed by atoms with E-state index < -0.39 is 33.9 Å².